The third-order valence-corrected chi connectivity index (χ3v) is 3.77. The van der Waals surface area contributed by atoms with E-state index in [1.54, 1.807) is 19.2 Å². The SMILES string of the molecule is COc1cc(N)c(Cl)cc1-c1n[nH]c(-c2ccccc2C)n1. The third kappa shape index (κ3) is 2.51. The van der Waals surface area contributed by atoms with Crippen molar-refractivity contribution in [3.8, 4) is 28.5 Å². The molecule has 0 atom stereocenters. The van der Waals surface area contributed by atoms with Crippen molar-refractivity contribution in [2.45, 2.75) is 6.92 Å². The van der Waals surface area contributed by atoms with E-state index in [9.17, 15) is 0 Å². The van der Waals surface area contributed by atoms with Crippen LogP contribution in [0.5, 0.6) is 5.75 Å². The Bertz CT molecular complexity index is 829. The molecular weight excluding hydrogens is 300 g/mol. The van der Waals surface area contributed by atoms with Crippen LogP contribution in [0.15, 0.2) is 36.4 Å². The van der Waals surface area contributed by atoms with E-state index in [-0.39, 0.29) is 0 Å². The van der Waals surface area contributed by atoms with Gasteiger partial charge in [-0.15, -0.1) is 0 Å². The van der Waals surface area contributed by atoms with Gasteiger partial charge >= 0.3 is 0 Å². The van der Waals surface area contributed by atoms with E-state index in [2.05, 4.69) is 15.2 Å². The third-order valence-electron chi connectivity index (χ3n) is 3.45. The molecule has 0 aliphatic rings. The highest BCUT2D eigenvalue weighted by Crippen LogP contribution is 2.35. The van der Waals surface area contributed by atoms with Crippen molar-refractivity contribution in [3.63, 3.8) is 0 Å². The molecule has 0 radical (unpaired) electrons. The molecule has 2 aromatic carbocycles. The van der Waals surface area contributed by atoms with Gasteiger partial charge in [0.2, 0.25) is 0 Å². The summed E-state index contributed by atoms with van der Waals surface area (Å²) in [5.41, 5.74) is 9.07. The minimum absolute atomic E-state index is 0.443. The molecule has 0 saturated carbocycles. The van der Waals surface area contributed by atoms with E-state index < -0.39 is 0 Å². The van der Waals surface area contributed by atoms with Crippen molar-refractivity contribution >= 4 is 17.3 Å². The van der Waals surface area contributed by atoms with Crippen molar-refractivity contribution < 1.29 is 4.74 Å². The lowest BCUT2D eigenvalue weighted by molar-refractivity contribution is 0.416. The van der Waals surface area contributed by atoms with Gasteiger partial charge in [0.15, 0.2) is 11.6 Å². The van der Waals surface area contributed by atoms with Gasteiger partial charge in [-0.3, -0.25) is 5.10 Å². The van der Waals surface area contributed by atoms with Crippen LogP contribution in [0.2, 0.25) is 5.02 Å². The molecule has 5 nitrogen and oxygen atoms in total. The van der Waals surface area contributed by atoms with Gasteiger partial charge in [0, 0.05) is 11.6 Å². The van der Waals surface area contributed by atoms with Gasteiger partial charge < -0.3 is 10.5 Å². The monoisotopic (exact) mass is 314 g/mol. The van der Waals surface area contributed by atoms with Crippen LogP contribution in [0.3, 0.4) is 0 Å². The summed E-state index contributed by atoms with van der Waals surface area (Å²) in [4.78, 5) is 4.54. The first-order valence-corrected chi connectivity index (χ1v) is 7.09. The number of aromatic amines is 1. The quantitative estimate of drug-likeness (QED) is 0.723. The van der Waals surface area contributed by atoms with Crippen LogP contribution in [0.4, 0.5) is 5.69 Å². The molecule has 0 aliphatic carbocycles. The number of anilines is 1. The van der Waals surface area contributed by atoms with Crippen LogP contribution in [-0.2, 0) is 0 Å². The number of H-pyrrole nitrogens is 1. The first-order chi connectivity index (χ1) is 10.6. The largest absolute Gasteiger partial charge is 0.496 e. The number of nitrogens with zero attached hydrogens (tertiary/aromatic N) is 2. The highest BCUT2D eigenvalue weighted by atomic mass is 35.5. The van der Waals surface area contributed by atoms with Crippen LogP contribution in [-0.4, -0.2) is 22.3 Å². The molecule has 0 unspecified atom stereocenters. The van der Waals surface area contributed by atoms with Crippen LogP contribution in [0.25, 0.3) is 22.8 Å². The van der Waals surface area contributed by atoms with Gasteiger partial charge in [-0.2, -0.15) is 5.10 Å². The Morgan fingerprint density at radius 2 is 1.95 bits per heavy atom. The molecule has 1 heterocycles. The number of hydrogen-bond donors (Lipinski definition) is 2. The molecule has 0 fully saturated rings. The van der Waals surface area contributed by atoms with Crippen molar-refractivity contribution in [1.29, 1.82) is 0 Å². The number of nitrogen functional groups attached to an aromatic ring is 1. The predicted molar refractivity (Wildman–Crippen MR) is 88.0 cm³/mol. The molecule has 3 N–H and O–H groups in total. The van der Waals surface area contributed by atoms with Gasteiger partial charge in [-0.05, 0) is 18.6 Å². The first kappa shape index (κ1) is 14.4. The van der Waals surface area contributed by atoms with Crippen LogP contribution >= 0.6 is 11.6 Å². The zero-order chi connectivity index (χ0) is 15.7. The molecular formula is C16H15ClN4O. The Morgan fingerprint density at radius 3 is 2.68 bits per heavy atom. The number of aryl methyl sites for hydroxylation is 1. The Balaban J connectivity index is 2.08. The van der Waals surface area contributed by atoms with Crippen LogP contribution in [0.1, 0.15) is 5.56 Å². The molecule has 6 heteroatoms. The van der Waals surface area contributed by atoms with Crippen molar-refractivity contribution in [3.05, 3.63) is 47.0 Å². The fourth-order valence-electron chi connectivity index (χ4n) is 2.25. The number of ether oxygens (including phenoxy) is 1. The Labute approximate surface area is 133 Å². The summed E-state index contributed by atoms with van der Waals surface area (Å²) in [5, 5.41) is 7.67. The molecule has 112 valence electrons. The molecule has 0 saturated heterocycles. The lowest BCUT2D eigenvalue weighted by Crippen LogP contribution is -1.94. The number of rotatable bonds is 3. The van der Waals surface area contributed by atoms with Gasteiger partial charge in [0.1, 0.15) is 5.75 Å². The Hall–Kier alpha value is -2.53. The van der Waals surface area contributed by atoms with Crippen LogP contribution < -0.4 is 10.5 Å². The molecule has 0 amide bonds. The van der Waals surface area contributed by atoms with E-state index >= 15 is 0 Å². The van der Waals surface area contributed by atoms with Gasteiger partial charge in [-0.1, -0.05) is 35.9 Å². The summed E-state index contributed by atoms with van der Waals surface area (Å²) in [7, 11) is 1.57. The molecule has 0 aliphatic heterocycles. The molecule has 22 heavy (non-hydrogen) atoms. The van der Waals surface area contributed by atoms with E-state index in [4.69, 9.17) is 22.1 Å². The molecule has 3 aromatic rings. The van der Waals surface area contributed by atoms with Gasteiger partial charge in [-0.25, -0.2) is 4.98 Å². The zero-order valence-electron chi connectivity index (χ0n) is 12.2. The molecule has 0 spiro atoms. The number of halogens is 1. The number of hydrogen-bond acceptors (Lipinski definition) is 4. The number of nitrogens with one attached hydrogen (secondary N) is 1. The molecule has 1 aromatic heterocycles. The number of methoxy groups -OCH3 is 1. The summed E-state index contributed by atoms with van der Waals surface area (Å²) >= 11 is 6.10. The van der Waals surface area contributed by atoms with E-state index in [0.29, 0.717) is 33.7 Å². The second kappa shape index (κ2) is 5.69. The average molecular weight is 315 g/mol. The molecule has 0 bridgehead atoms. The van der Waals surface area contributed by atoms with Gasteiger partial charge in [0.25, 0.3) is 0 Å². The summed E-state index contributed by atoms with van der Waals surface area (Å²) in [6.07, 6.45) is 0. The van der Waals surface area contributed by atoms with Crippen LogP contribution in [0, 0.1) is 6.92 Å². The topological polar surface area (TPSA) is 76.8 Å². The summed E-state index contributed by atoms with van der Waals surface area (Å²) < 4.78 is 5.34. The van der Waals surface area contributed by atoms with Gasteiger partial charge in [0.05, 0.1) is 23.4 Å². The fraction of sp³-hybridized carbons (Fsp3) is 0.125. The smallest absolute Gasteiger partial charge is 0.185 e. The predicted octanol–water partition coefficient (Wildman–Crippen LogP) is 3.69. The number of aromatic nitrogens is 3. The van der Waals surface area contributed by atoms with Crippen molar-refractivity contribution in [2.24, 2.45) is 0 Å². The second-order valence-electron chi connectivity index (χ2n) is 4.90. The minimum atomic E-state index is 0.443. The maximum atomic E-state index is 6.10. The number of benzene rings is 2. The summed E-state index contributed by atoms with van der Waals surface area (Å²) in [5.74, 6) is 1.79. The highest BCUT2D eigenvalue weighted by Gasteiger charge is 2.15. The normalized spacial score (nSPS) is 10.7. The summed E-state index contributed by atoms with van der Waals surface area (Å²) in [6, 6.07) is 11.3. The maximum Gasteiger partial charge on any atom is 0.185 e. The maximum absolute atomic E-state index is 6.10. The van der Waals surface area contributed by atoms with Crippen molar-refractivity contribution in [1.82, 2.24) is 15.2 Å². The Kier molecular flexibility index (Phi) is 3.73. The summed E-state index contributed by atoms with van der Waals surface area (Å²) in [6.45, 7) is 2.03. The van der Waals surface area contributed by atoms with E-state index in [1.165, 1.54) is 0 Å². The second-order valence-corrected chi connectivity index (χ2v) is 5.30. The van der Waals surface area contributed by atoms with E-state index in [1.807, 2.05) is 31.2 Å². The van der Waals surface area contributed by atoms with Crippen molar-refractivity contribution in [2.75, 3.05) is 12.8 Å². The first-order valence-electron chi connectivity index (χ1n) is 6.72. The van der Waals surface area contributed by atoms with E-state index in [0.717, 1.165) is 11.1 Å². The zero-order valence-corrected chi connectivity index (χ0v) is 13.0. The average Bonchev–Trinajstić information content (AvgIpc) is 2.99. The molecule has 3 rings (SSSR count). The lowest BCUT2D eigenvalue weighted by Gasteiger charge is -2.08. The Morgan fingerprint density at radius 1 is 1.18 bits per heavy atom. The highest BCUT2D eigenvalue weighted by molar-refractivity contribution is 6.33. The number of nitrogens with two attached hydrogens (primary N) is 1. The minimum Gasteiger partial charge on any atom is -0.496 e. The standard InChI is InChI=1S/C16H15ClN4O/c1-9-5-3-4-6-10(9)15-19-16(21-20-15)11-7-12(17)13(18)8-14(11)22-2/h3-8H,18H2,1-2H3,(H,19,20,21). The fourth-order valence-corrected chi connectivity index (χ4v) is 2.42. The lowest BCUT2D eigenvalue weighted by atomic mass is 10.1.